The first-order valence-electron chi connectivity index (χ1n) is 8.16. The van der Waals surface area contributed by atoms with Gasteiger partial charge in [0.2, 0.25) is 0 Å². The summed E-state index contributed by atoms with van der Waals surface area (Å²) >= 11 is 24.2. The van der Waals surface area contributed by atoms with Gasteiger partial charge >= 0.3 is 0 Å². The zero-order valence-corrected chi connectivity index (χ0v) is 18.2. The second-order valence-electron chi connectivity index (χ2n) is 6.03. The van der Waals surface area contributed by atoms with Crippen molar-refractivity contribution in [2.24, 2.45) is 5.10 Å². The number of benzene rings is 1. The number of carbonyl (C=O) groups excluding carboxylic acids is 1. The lowest BCUT2D eigenvalue weighted by molar-refractivity contribution is 0.0950. The molecular weight excluding hydrogens is 458 g/mol. The minimum atomic E-state index is -0.712. The highest BCUT2D eigenvalue weighted by molar-refractivity contribution is 6.46. The van der Waals surface area contributed by atoms with Gasteiger partial charge in [0.15, 0.2) is 10.8 Å². The van der Waals surface area contributed by atoms with Crippen molar-refractivity contribution >= 4 is 64.2 Å². The third kappa shape index (κ3) is 4.33. The van der Waals surface area contributed by atoms with E-state index in [9.17, 15) is 4.79 Å². The molecule has 0 radical (unpaired) electrons. The van der Waals surface area contributed by atoms with Crippen molar-refractivity contribution in [3.05, 3.63) is 67.1 Å². The van der Waals surface area contributed by atoms with Crippen molar-refractivity contribution in [2.75, 3.05) is 5.73 Å². The summed E-state index contributed by atoms with van der Waals surface area (Å²) in [6, 6.07) is 7.71. The van der Waals surface area contributed by atoms with Gasteiger partial charge < -0.3 is 5.73 Å². The van der Waals surface area contributed by atoms with Crippen LogP contribution in [0.4, 0.5) is 5.69 Å². The molecule has 0 spiro atoms. The highest BCUT2D eigenvalue weighted by Crippen LogP contribution is 2.34. The maximum absolute atomic E-state index is 12.3. The number of nitrogens with one attached hydrogen (secondary N) is 1. The quantitative estimate of drug-likeness (QED) is 0.323. The van der Waals surface area contributed by atoms with E-state index < -0.39 is 5.91 Å². The van der Waals surface area contributed by atoms with Gasteiger partial charge in [-0.25, -0.2) is 15.1 Å². The average Bonchev–Trinajstić information content (AvgIpc) is 2.97. The van der Waals surface area contributed by atoms with Gasteiger partial charge in [-0.05, 0) is 26.0 Å². The summed E-state index contributed by atoms with van der Waals surface area (Å²) in [7, 11) is 0. The van der Waals surface area contributed by atoms with Crippen LogP contribution in [0.5, 0.6) is 0 Å². The Hall–Kier alpha value is -2.32. The number of carbonyl (C=O) groups is 1. The molecule has 0 unspecified atom stereocenters. The molecule has 0 aliphatic rings. The maximum Gasteiger partial charge on any atom is 0.291 e. The molecule has 2 aromatic heterocycles. The van der Waals surface area contributed by atoms with Gasteiger partial charge in [0.25, 0.3) is 5.91 Å². The van der Waals surface area contributed by atoms with Crippen LogP contribution in [0.25, 0.3) is 5.69 Å². The molecule has 0 aliphatic carbocycles. The monoisotopic (exact) mass is 470 g/mol. The van der Waals surface area contributed by atoms with Crippen LogP contribution in [0, 0.1) is 13.8 Å². The summed E-state index contributed by atoms with van der Waals surface area (Å²) in [5.74, 6) is -0.712. The third-order valence-electron chi connectivity index (χ3n) is 3.97. The summed E-state index contributed by atoms with van der Waals surface area (Å²) in [6.45, 7) is 3.76. The minimum absolute atomic E-state index is 0.0253. The zero-order chi connectivity index (χ0) is 21.3. The molecular formula is C18H14Cl4N6O. The molecule has 2 heterocycles. The Balaban J connectivity index is 1.83. The lowest BCUT2D eigenvalue weighted by atomic mass is 10.2. The van der Waals surface area contributed by atoms with E-state index in [4.69, 9.17) is 52.1 Å². The Labute approximate surface area is 186 Å². The Bertz CT molecular complexity index is 1120. The van der Waals surface area contributed by atoms with Crippen LogP contribution in [0.15, 0.2) is 29.4 Å². The fraction of sp³-hybridized carbons (Fsp3) is 0.111. The highest BCUT2D eigenvalue weighted by Gasteiger charge is 2.19. The van der Waals surface area contributed by atoms with E-state index in [1.54, 1.807) is 11.6 Å². The van der Waals surface area contributed by atoms with Crippen molar-refractivity contribution in [3.63, 3.8) is 0 Å². The summed E-state index contributed by atoms with van der Waals surface area (Å²) < 4.78 is 1.58. The lowest BCUT2D eigenvalue weighted by Gasteiger charge is -2.07. The normalized spacial score (nSPS) is 11.2. The highest BCUT2D eigenvalue weighted by atomic mass is 35.5. The second-order valence-corrected chi connectivity index (χ2v) is 7.50. The van der Waals surface area contributed by atoms with Gasteiger partial charge in [-0.3, -0.25) is 4.79 Å². The number of amides is 1. The standard InChI is InChI=1S/C18H14Cl4N6O/c1-8-3-5-10(6-4-8)28-17(22)11(9(2)27-28)7-24-26-18(29)15-12(19)14(23)13(20)16(21)25-15/h3-7H,1-2H3,(H2,23,25)(H,26,29)/b24-7-. The van der Waals surface area contributed by atoms with E-state index in [2.05, 4.69) is 20.6 Å². The van der Waals surface area contributed by atoms with E-state index in [1.165, 1.54) is 6.21 Å². The molecule has 3 aromatic rings. The van der Waals surface area contributed by atoms with Crippen LogP contribution >= 0.6 is 46.4 Å². The number of pyridine rings is 1. The van der Waals surface area contributed by atoms with E-state index >= 15 is 0 Å². The zero-order valence-electron chi connectivity index (χ0n) is 15.2. The Kier molecular flexibility index (Phi) is 6.33. The SMILES string of the molecule is Cc1ccc(-n2nc(C)c(/C=N\NC(=O)c3nc(Cl)c(Cl)c(N)c3Cl)c2Cl)cc1. The molecule has 0 fully saturated rings. The van der Waals surface area contributed by atoms with Gasteiger partial charge in [-0.1, -0.05) is 64.1 Å². The van der Waals surface area contributed by atoms with Gasteiger partial charge in [0.1, 0.15) is 10.2 Å². The Morgan fingerprint density at radius 1 is 1.14 bits per heavy atom. The lowest BCUT2D eigenvalue weighted by Crippen LogP contribution is -2.20. The van der Waals surface area contributed by atoms with Crippen LogP contribution in [0.3, 0.4) is 0 Å². The van der Waals surface area contributed by atoms with E-state index in [0.29, 0.717) is 16.4 Å². The van der Waals surface area contributed by atoms with E-state index in [0.717, 1.165) is 11.3 Å². The molecule has 0 atom stereocenters. The van der Waals surface area contributed by atoms with E-state index in [-0.39, 0.29) is 26.6 Å². The van der Waals surface area contributed by atoms with Crippen molar-refractivity contribution in [3.8, 4) is 5.69 Å². The van der Waals surface area contributed by atoms with Gasteiger partial charge in [0, 0.05) is 0 Å². The summed E-state index contributed by atoms with van der Waals surface area (Å²) in [5, 5.41) is 8.38. The number of nitrogen functional groups attached to an aromatic ring is 1. The number of rotatable bonds is 4. The van der Waals surface area contributed by atoms with Crippen LogP contribution < -0.4 is 11.2 Å². The Morgan fingerprint density at radius 2 is 1.79 bits per heavy atom. The third-order valence-corrected chi connectivity index (χ3v) is 5.47. The van der Waals surface area contributed by atoms with Crippen LogP contribution in [-0.4, -0.2) is 26.9 Å². The molecule has 11 heteroatoms. The molecule has 1 aromatic carbocycles. The van der Waals surface area contributed by atoms with Crippen LogP contribution in [0.2, 0.25) is 20.4 Å². The number of aryl methyl sites for hydroxylation is 2. The van der Waals surface area contributed by atoms with Crippen molar-refractivity contribution in [2.45, 2.75) is 13.8 Å². The average molecular weight is 472 g/mol. The number of hydrogen-bond donors (Lipinski definition) is 2. The molecule has 0 aliphatic heterocycles. The molecule has 7 nitrogen and oxygen atoms in total. The smallest absolute Gasteiger partial charge is 0.291 e. The second kappa shape index (κ2) is 8.59. The first kappa shape index (κ1) is 21.4. The molecule has 3 N–H and O–H groups in total. The first-order chi connectivity index (χ1) is 13.7. The van der Waals surface area contributed by atoms with Crippen molar-refractivity contribution in [1.82, 2.24) is 20.2 Å². The fourth-order valence-electron chi connectivity index (χ4n) is 2.41. The topological polar surface area (TPSA) is 98.2 Å². The predicted octanol–water partition coefficient (Wildman–Crippen LogP) is 4.84. The number of aromatic nitrogens is 3. The van der Waals surface area contributed by atoms with Crippen LogP contribution in [-0.2, 0) is 0 Å². The summed E-state index contributed by atoms with van der Waals surface area (Å²) in [4.78, 5) is 16.2. The van der Waals surface area contributed by atoms with Gasteiger partial charge in [-0.15, -0.1) is 0 Å². The molecule has 0 saturated heterocycles. The van der Waals surface area contributed by atoms with Gasteiger partial charge in [-0.2, -0.15) is 10.2 Å². The molecule has 0 bridgehead atoms. The molecule has 150 valence electrons. The number of halogens is 4. The van der Waals surface area contributed by atoms with Gasteiger partial charge in [0.05, 0.1) is 33.9 Å². The maximum atomic E-state index is 12.3. The number of nitrogens with two attached hydrogens (primary N) is 1. The predicted molar refractivity (Wildman–Crippen MR) is 117 cm³/mol. The van der Waals surface area contributed by atoms with Crippen molar-refractivity contribution in [1.29, 1.82) is 0 Å². The first-order valence-corrected chi connectivity index (χ1v) is 9.67. The number of hydrogen-bond acceptors (Lipinski definition) is 5. The molecule has 0 saturated carbocycles. The van der Waals surface area contributed by atoms with Crippen LogP contribution in [0.1, 0.15) is 27.3 Å². The fourth-order valence-corrected chi connectivity index (χ4v) is 3.32. The summed E-state index contributed by atoms with van der Waals surface area (Å²) in [5.41, 5.74) is 10.9. The molecule has 3 rings (SSSR count). The number of anilines is 1. The summed E-state index contributed by atoms with van der Waals surface area (Å²) in [6.07, 6.45) is 1.38. The van der Waals surface area contributed by atoms with E-state index in [1.807, 2.05) is 31.2 Å². The number of nitrogens with zero attached hydrogens (tertiary/aromatic N) is 4. The molecule has 1 amide bonds. The minimum Gasteiger partial charge on any atom is -0.396 e. The van der Waals surface area contributed by atoms with Crippen molar-refractivity contribution < 1.29 is 4.79 Å². The number of hydrazone groups is 1. The molecule has 29 heavy (non-hydrogen) atoms. The largest absolute Gasteiger partial charge is 0.396 e. The Morgan fingerprint density at radius 3 is 2.45 bits per heavy atom.